The van der Waals surface area contributed by atoms with Gasteiger partial charge in [0.2, 0.25) is 0 Å². The lowest BCUT2D eigenvalue weighted by Gasteiger charge is -2.08. The van der Waals surface area contributed by atoms with E-state index in [0.29, 0.717) is 5.75 Å². The van der Waals surface area contributed by atoms with Gasteiger partial charge in [-0.2, -0.15) is 0 Å². The first-order chi connectivity index (χ1) is 6.54. The van der Waals surface area contributed by atoms with Crippen LogP contribution in [-0.4, -0.2) is 5.97 Å². The Morgan fingerprint density at radius 1 is 1.36 bits per heavy atom. The molecule has 0 unspecified atom stereocenters. The van der Waals surface area contributed by atoms with Crippen molar-refractivity contribution in [3.8, 4) is 5.75 Å². The summed E-state index contributed by atoms with van der Waals surface area (Å²) in [5, 5.41) is 0. The monoisotopic (exact) mass is 190 g/mol. The van der Waals surface area contributed by atoms with Crippen LogP contribution in [0.4, 0.5) is 0 Å². The van der Waals surface area contributed by atoms with Crippen molar-refractivity contribution in [3.05, 3.63) is 35.4 Å². The fourth-order valence-electron chi connectivity index (χ4n) is 1.48. The number of benzene rings is 1. The molecule has 0 saturated carbocycles. The molecule has 0 heterocycles. The molecule has 0 N–H and O–H groups in total. The molecule has 14 heavy (non-hydrogen) atoms. The highest BCUT2D eigenvalue weighted by Crippen LogP contribution is 2.22. The summed E-state index contributed by atoms with van der Waals surface area (Å²) >= 11 is 0. The molecular formula is C12H14O2. The Morgan fingerprint density at radius 3 is 2.21 bits per heavy atom. The van der Waals surface area contributed by atoms with Crippen LogP contribution in [0.1, 0.15) is 23.6 Å². The number of ether oxygens (including phenoxy) is 1. The Kier molecular flexibility index (Phi) is 3.07. The van der Waals surface area contributed by atoms with Gasteiger partial charge in [-0.25, -0.2) is 0 Å². The van der Waals surface area contributed by atoms with E-state index in [2.05, 4.69) is 6.58 Å². The number of hydrogen-bond donors (Lipinski definition) is 0. The number of esters is 1. The van der Waals surface area contributed by atoms with Gasteiger partial charge in [-0.1, -0.05) is 12.7 Å². The van der Waals surface area contributed by atoms with Gasteiger partial charge in [0.05, 0.1) is 0 Å². The lowest BCUT2D eigenvalue weighted by Crippen LogP contribution is -2.02. The third-order valence-electron chi connectivity index (χ3n) is 2.03. The van der Waals surface area contributed by atoms with E-state index in [-0.39, 0.29) is 5.97 Å². The summed E-state index contributed by atoms with van der Waals surface area (Å²) in [6.07, 6.45) is 1.81. The summed E-state index contributed by atoms with van der Waals surface area (Å²) in [6, 6.07) is 3.68. The smallest absolute Gasteiger partial charge is 0.308 e. The normalized spacial score (nSPS) is 9.64. The topological polar surface area (TPSA) is 26.3 Å². The lowest BCUT2D eigenvalue weighted by atomic mass is 10.0. The Bertz CT molecular complexity index is 355. The number of rotatable bonds is 2. The van der Waals surface area contributed by atoms with Crippen LogP contribution in [0.2, 0.25) is 0 Å². The molecule has 0 radical (unpaired) electrons. The quantitative estimate of drug-likeness (QED) is 0.529. The van der Waals surface area contributed by atoms with E-state index in [1.807, 2.05) is 32.1 Å². The number of carbonyl (C=O) groups excluding carboxylic acids is 1. The van der Waals surface area contributed by atoms with Crippen LogP contribution >= 0.6 is 0 Å². The molecule has 0 aliphatic rings. The molecular weight excluding hydrogens is 176 g/mol. The van der Waals surface area contributed by atoms with Crippen LogP contribution in [0.15, 0.2) is 18.7 Å². The second-order valence-electron chi connectivity index (χ2n) is 3.27. The van der Waals surface area contributed by atoms with E-state index in [4.69, 9.17) is 4.74 Å². The number of carbonyl (C=O) groups is 1. The highest BCUT2D eigenvalue weighted by molar-refractivity contribution is 5.70. The Hall–Kier alpha value is -1.57. The highest BCUT2D eigenvalue weighted by Gasteiger charge is 2.04. The second-order valence-corrected chi connectivity index (χ2v) is 3.27. The van der Waals surface area contributed by atoms with Gasteiger partial charge < -0.3 is 4.74 Å². The van der Waals surface area contributed by atoms with Crippen LogP contribution in [0.3, 0.4) is 0 Å². The molecule has 2 heteroatoms. The maximum Gasteiger partial charge on any atom is 0.308 e. The number of hydrogen-bond acceptors (Lipinski definition) is 2. The molecule has 0 amide bonds. The van der Waals surface area contributed by atoms with Crippen molar-refractivity contribution in [1.82, 2.24) is 0 Å². The zero-order chi connectivity index (χ0) is 10.7. The maximum absolute atomic E-state index is 10.7. The van der Waals surface area contributed by atoms with Crippen molar-refractivity contribution in [2.45, 2.75) is 20.8 Å². The molecule has 0 aliphatic heterocycles. The third-order valence-corrected chi connectivity index (χ3v) is 2.03. The molecule has 0 spiro atoms. The van der Waals surface area contributed by atoms with E-state index in [1.54, 1.807) is 0 Å². The van der Waals surface area contributed by atoms with Crippen LogP contribution in [0.25, 0.3) is 6.08 Å². The molecule has 0 bridgehead atoms. The predicted octanol–water partition coefficient (Wildman–Crippen LogP) is 2.87. The zero-order valence-corrected chi connectivity index (χ0v) is 8.76. The van der Waals surface area contributed by atoms with Gasteiger partial charge >= 0.3 is 5.97 Å². The Balaban J connectivity index is 3.13. The summed E-state index contributed by atoms with van der Waals surface area (Å²) in [7, 11) is 0. The average Bonchev–Trinajstić information content (AvgIpc) is 2.01. The third kappa shape index (κ3) is 2.22. The molecule has 2 nitrogen and oxygen atoms in total. The summed E-state index contributed by atoms with van der Waals surface area (Å²) in [5.74, 6) is 0.299. The van der Waals surface area contributed by atoms with Gasteiger partial charge in [-0.3, -0.25) is 4.79 Å². The minimum absolute atomic E-state index is 0.296. The summed E-state index contributed by atoms with van der Waals surface area (Å²) in [6.45, 7) is 9.07. The first kappa shape index (κ1) is 10.5. The van der Waals surface area contributed by atoms with Gasteiger partial charge in [0, 0.05) is 6.92 Å². The first-order valence-electron chi connectivity index (χ1n) is 4.46. The molecule has 1 rings (SSSR count). The fourth-order valence-corrected chi connectivity index (χ4v) is 1.48. The first-order valence-corrected chi connectivity index (χ1v) is 4.46. The predicted molar refractivity (Wildman–Crippen MR) is 57.3 cm³/mol. The number of aryl methyl sites for hydroxylation is 2. The maximum atomic E-state index is 10.7. The van der Waals surface area contributed by atoms with Crippen LogP contribution in [0.5, 0.6) is 5.75 Å². The van der Waals surface area contributed by atoms with Gasteiger partial charge in [-0.05, 0) is 42.7 Å². The van der Waals surface area contributed by atoms with Gasteiger partial charge in [0.15, 0.2) is 0 Å². The van der Waals surface area contributed by atoms with E-state index in [9.17, 15) is 4.79 Å². The molecule has 0 aromatic heterocycles. The van der Waals surface area contributed by atoms with Crippen molar-refractivity contribution in [2.24, 2.45) is 0 Å². The molecule has 0 atom stereocenters. The summed E-state index contributed by atoms with van der Waals surface area (Å²) in [4.78, 5) is 10.7. The van der Waals surface area contributed by atoms with Crippen LogP contribution < -0.4 is 4.74 Å². The van der Waals surface area contributed by atoms with Crippen LogP contribution in [0, 0.1) is 13.8 Å². The molecule has 1 aromatic carbocycles. The SMILES string of the molecule is C=Cc1c(C)cc(OC(C)=O)cc1C. The lowest BCUT2D eigenvalue weighted by molar-refractivity contribution is -0.131. The Labute approximate surface area is 84.2 Å². The molecule has 1 aromatic rings. The summed E-state index contributed by atoms with van der Waals surface area (Å²) in [5.41, 5.74) is 3.23. The average molecular weight is 190 g/mol. The second kappa shape index (κ2) is 4.09. The molecule has 0 aliphatic carbocycles. The van der Waals surface area contributed by atoms with Gasteiger partial charge in [0.25, 0.3) is 0 Å². The van der Waals surface area contributed by atoms with Crippen molar-refractivity contribution >= 4 is 12.0 Å². The van der Waals surface area contributed by atoms with Crippen LogP contribution in [-0.2, 0) is 4.79 Å². The van der Waals surface area contributed by atoms with E-state index in [0.717, 1.165) is 16.7 Å². The van der Waals surface area contributed by atoms with Gasteiger partial charge in [-0.15, -0.1) is 0 Å². The molecule has 0 saturated heterocycles. The van der Waals surface area contributed by atoms with Crippen molar-refractivity contribution in [2.75, 3.05) is 0 Å². The minimum Gasteiger partial charge on any atom is -0.427 e. The molecule has 74 valence electrons. The zero-order valence-electron chi connectivity index (χ0n) is 8.76. The van der Waals surface area contributed by atoms with Crippen molar-refractivity contribution in [1.29, 1.82) is 0 Å². The standard InChI is InChI=1S/C12H14O2/c1-5-12-8(2)6-11(7-9(12)3)14-10(4)13/h5-7H,1H2,2-4H3. The highest BCUT2D eigenvalue weighted by atomic mass is 16.5. The Morgan fingerprint density at radius 2 is 1.86 bits per heavy atom. The minimum atomic E-state index is -0.296. The van der Waals surface area contributed by atoms with Crippen molar-refractivity contribution < 1.29 is 9.53 Å². The fraction of sp³-hybridized carbons (Fsp3) is 0.250. The molecule has 0 fully saturated rings. The largest absolute Gasteiger partial charge is 0.427 e. The summed E-state index contributed by atoms with van der Waals surface area (Å²) < 4.78 is 5.00. The van der Waals surface area contributed by atoms with E-state index in [1.165, 1.54) is 6.92 Å². The van der Waals surface area contributed by atoms with Gasteiger partial charge in [0.1, 0.15) is 5.75 Å². The van der Waals surface area contributed by atoms with Crippen molar-refractivity contribution in [3.63, 3.8) is 0 Å². The van der Waals surface area contributed by atoms with E-state index < -0.39 is 0 Å². The van der Waals surface area contributed by atoms with E-state index >= 15 is 0 Å².